The van der Waals surface area contributed by atoms with Crippen LogP contribution in [0, 0.1) is 20.8 Å². The van der Waals surface area contributed by atoms with E-state index in [2.05, 4.69) is 19.9 Å². The maximum Gasteiger partial charge on any atom is 0.244 e. The number of rotatable bonds is 4. The number of aromatic amines is 1. The smallest absolute Gasteiger partial charge is 0.244 e. The largest absolute Gasteiger partial charge is 0.281 e. The second-order valence-electron chi connectivity index (χ2n) is 3.95. The summed E-state index contributed by atoms with van der Waals surface area (Å²) in [6.07, 6.45) is 0. The molecule has 2 N–H and O–H groups in total. The number of sulfonamides is 1. The number of aromatic nitrogens is 3. The summed E-state index contributed by atoms with van der Waals surface area (Å²) >= 11 is 1.49. The molecule has 8 heteroatoms. The van der Waals surface area contributed by atoms with Gasteiger partial charge in [-0.05, 0) is 20.8 Å². The minimum absolute atomic E-state index is 0.191. The highest BCUT2D eigenvalue weighted by atomic mass is 32.2. The molecular weight excluding hydrogens is 272 g/mol. The monoisotopic (exact) mass is 286 g/mol. The Morgan fingerprint density at radius 1 is 1.39 bits per heavy atom. The van der Waals surface area contributed by atoms with Gasteiger partial charge in [-0.2, -0.15) is 5.10 Å². The molecular formula is C10H14N4O2S2. The molecule has 0 spiro atoms. The Kier molecular flexibility index (Phi) is 3.51. The van der Waals surface area contributed by atoms with Crippen LogP contribution in [0.1, 0.15) is 22.1 Å². The Bertz CT molecular complexity index is 638. The first-order valence-electron chi connectivity index (χ1n) is 5.32. The van der Waals surface area contributed by atoms with E-state index in [1.807, 2.05) is 12.3 Å². The van der Waals surface area contributed by atoms with Gasteiger partial charge in [0.1, 0.15) is 4.90 Å². The van der Waals surface area contributed by atoms with Gasteiger partial charge in [0.05, 0.1) is 28.6 Å². The second kappa shape index (κ2) is 4.79. The SMILES string of the molecule is Cc1nc(CNS(=O)(=O)c2c(C)n[nH]c2C)cs1. The zero-order valence-electron chi connectivity index (χ0n) is 10.3. The number of nitrogens with one attached hydrogen (secondary N) is 2. The maximum atomic E-state index is 12.1. The molecule has 18 heavy (non-hydrogen) atoms. The highest BCUT2D eigenvalue weighted by Gasteiger charge is 2.21. The molecule has 0 amide bonds. The van der Waals surface area contributed by atoms with Crippen molar-refractivity contribution in [2.75, 3.05) is 0 Å². The first-order chi connectivity index (χ1) is 8.40. The molecule has 2 aromatic rings. The van der Waals surface area contributed by atoms with Crippen molar-refractivity contribution in [3.63, 3.8) is 0 Å². The number of H-pyrrole nitrogens is 1. The molecule has 0 aliphatic heterocycles. The van der Waals surface area contributed by atoms with Gasteiger partial charge in [0, 0.05) is 5.38 Å². The van der Waals surface area contributed by atoms with Crippen LogP contribution in [0.2, 0.25) is 0 Å². The number of hydrogen-bond acceptors (Lipinski definition) is 5. The Hall–Kier alpha value is -1.25. The minimum atomic E-state index is -3.55. The third kappa shape index (κ3) is 2.60. The van der Waals surface area contributed by atoms with Crippen LogP contribution < -0.4 is 4.72 Å². The molecule has 0 aliphatic rings. The Morgan fingerprint density at radius 3 is 2.61 bits per heavy atom. The molecule has 2 aromatic heterocycles. The fraction of sp³-hybridized carbons (Fsp3) is 0.400. The van der Waals surface area contributed by atoms with E-state index in [4.69, 9.17) is 0 Å². The summed E-state index contributed by atoms with van der Waals surface area (Å²) in [5.74, 6) is 0. The molecule has 0 radical (unpaired) electrons. The summed E-state index contributed by atoms with van der Waals surface area (Å²) in [5.41, 5.74) is 1.73. The molecule has 0 atom stereocenters. The van der Waals surface area contributed by atoms with Crippen LogP contribution in [0.25, 0.3) is 0 Å². The zero-order valence-corrected chi connectivity index (χ0v) is 11.9. The standard InChI is InChI=1S/C10H14N4O2S2/c1-6-10(7(2)14-13-6)18(15,16)11-4-9-5-17-8(3)12-9/h5,11H,4H2,1-3H3,(H,13,14). The molecule has 0 unspecified atom stereocenters. The van der Waals surface area contributed by atoms with Gasteiger partial charge in [0.15, 0.2) is 0 Å². The van der Waals surface area contributed by atoms with Gasteiger partial charge in [0.2, 0.25) is 10.0 Å². The van der Waals surface area contributed by atoms with Crippen molar-refractivity contribution in [3.8, 4) is 0 Å². The van der Waals surface area contributed by atoms with E-state index in [9.17, 15) is 8.42 Å². The fourth-order valence-electron chi connectivity index (χ4n) is 1.67. The van der Waals surface area contributed by atoms with E-state index >= 15 is 0 Å². The Labute approximate surface area is 110 Å². The van der Waals surface area contributed by atoms with Gasteiger partial charge in [0.25, 0.3) is 0 Å². The first-order valence-corrected chi connectivity index (χ1v) is 7.68. The second-order valence-corrected chi connectivity index (χ2v) is 6.71. The summed E-state index contributed by atoms with van der Waals surface area (Å²) in [6.45, 7) is 5.41. The molecule has 0 aliphatic carbocycles. The first kappa shape index (κ1) is 13.2. The van der Waals surface area contributed by atoms with Crippen molar-refractivity contribution >= 4 is 21.4 Å². The predicted molar refractivity (Wildman–Crippen MR) is 68.9 cm³/mol. The van der Waals surface area contributed by atoms with Crippen LogP contribution in [0.3, 0.4) is 0 Å². The van der Waals surface area contributed by atoms with Crippen molar-refractivity contribution in [2.24, 2.45) is 0 Å². The molecule has 98 valence electrons. The molecule has 0 saturated carbocycles. The lowest BCUT2D eigenvalue weighted by atomic mass is 10.4. The van der Waals surface area contributed by atoms with Crippen LogP contribution in [0.15, 0.2) is 10.3 Å². The minimum Gasteiger partial charge on any atom is -0.281 e. The van der Waals surface area contributed by atoms with Gasteiger partial charge >= 0.3 is 0 Å². The van der Waals surface area contributed by atoms with Crippen LogP contribution in [0.5, 0.6) is 0 Å². The van der Waals surface area contributed by atoms with Crippen molar-refractivity contribution in [1.82, 2.24) is 19.9 Å². The van der Waals surface area contributed by atoms with Gasteiger partial charge in [-0.25, -0.2) is 18.1 Å². The topological polar surface area (TPSA) is 87.7 Å². The highest BCUT2D eigenvalue weighted by Crippen LogP contribution is 2.17. The van der Waals surface area contributed by atoms with Gasteiger partial charge < -0.3 is 0 Å². The highest BCUT2D eigenvalue weighted by molar-refractivity contribution is 7.89. The Morgan fingerprint density at radius 2 is 2.11 bits per heavy atom. The number of hydrogen-bond donors (Lipinski definition) is 2. The van der Waals surface area contributed by atoms with E-state index in [1.54, 1.807) is 13.8 Å². The van der Waals surface area contributed by atoms with E-state index in [1.165, 1.54) is 11.3 Å². The predicted octanol–water partition coefficient (Wildman–Crippen LogP) is 1.27. The van der Waals surface area contributed by atoms with E-state index < -0.39 is 10.0 Å². The van der Waals surface area contributed by atoms with Gasteiger partial charge in [-0.1, -0.05) is 0 Å². The third-order valence-corrected chi connectivity index (χ3v) is 4.92. The molecule has 0 fully saturated rings. The summed E-state index contributed by atoms with van der Waals surface area (Å²) in [4.78, 5) is 4.43. The quantitative estimate of drug-likeness (QED) is 0.886. The van der Waals surface area contributed by atoms with Crippen LogP contribution in [-0.2, 0) is 16.6 Å². The summed E-state index contributed by atoms with van der Waals surface area (Å²) in [6, 6.07) is 0. The Balaban J connectivity index is 2.18. The normalized spacial score (nSPS) is 11.9. The summed E-state index contributed by atoms with van der Waals surface area (Å²) < 4.78 is 26.8. The molecule has 2 heterocycles. The lowest BCUT2D eigenvalue weighted by molar-refractivity contribution is 0.579. The molecule has 0 aromatic carbocycles. The van der Waals surface area contributed by atoms with Crippen molar-refractivity contribution in [2.45, 2.75) is 32.2 Å². The van der Waals surface area contributed by atoms with Crippen LogP contribution in [-0.4, -0.2) is 23.6 Å². The van der Waals surface area contributed by atoms with Gasteiger partial charge in [-0.15, -0.1) is 11.3 Å². The molecule has 2 rings (SSSR count). The van der Waals surface area contributed by atoms with Gasteiger partial charge in [-0.3, -0.25) is 5.10 Å². The average molecular weight is 286 g/mol. The fourth-order valence-corrected chi connectivity index (χ4v) is 3.65. The zero-order chi connectivity index (χ0) is 13.3. The van der Waals surface area contributed by atoms with Crippen molar-refractivity contribution in [1.29, 1.82) is 0 Å². The number of aryl methyl sites for hydroxylation is 3. The maximum absolute atomic E-state index is 12.1. The molecule has 6 nitrogen and oxygen atoms in total. The van der Waals surface area contributed by atoms with Crippen molar-refractivity contribution in [3.05, 3.63) is 27.5 Å². The van der Waals surface area contributed by atoms with E-state index in [0.29, 0.717) is 11.4 Å². The lowest BCUT2D eigenvalue weighted by Gasteiger charge is -2.05. The number of thiazole rings is 1. The van der Waals surface area contributed by atoms with E-state index in [0.717, 1.165) is 10.7 Å². The van der Waals surface area contributed by atoms with Crippen molar-refractivity contribution < 1.29 is 8.42 Å². The number of nitrogens with zero attached hydrogens (tertiary/aromatic N) is 2. The third-order valence-electron chi connectivity index (χ3n) is 2.44. The molecule has 0 bridgehead atoms. The average Bonchev–Trinajstić information content (AvgIpc) is 2.83. The van der Waals surface area contributed by atoms with Crippen LogP contribution in [0.4, 0.5) is 0 Å². The lowest BCUT2D eigenvalue weighted by Crippen LogP contribution is -2.24. The van der Waals surface area contributed by atoms with E-state index in [-0.39, 0.29) is 11.4 Å². The summed E-state index contributed by atoms with van der Waals surface area (Å²) in [5, 5.41) is 9.30. The molecule has 0 saturated heterocycles. The summed E-state index contributed by atoms with van der Waals surface area (Å²) in [7, 11) is -3.55. The van der Waals surface area contributed by atoms with Crippen LogP contribution >= 0.6 is 11.3 Å².